The van der Waals surface area contributed by atoms with Gasteiger partial charge in [0.2, 0.25) is 10.0 Å². The second-order valence-corrected chi connectivity index (χ2v) is 6.25. The van der Waals surface area contributed by atoms with E-state index in [1.807, 2.05) is 0 Å². The molecule has 0 aromatic rings. The molecule has 13 heavy (non-hydrogen) atoms. The Hall–Kier alpha value is -0.130. The lowest BCUT2D eigenvalue weighted by molar-refractivity contribution is -0.00984. The van der Waals surface area contributed by atoms with Gasteiger partial charge in [-0.3, -0.25) is 0 Å². The molecule has 0 heterocycles. The summed E-state index contributed by atoms with van der Waals surface area (Å²) in [6, 6.07) is 0. The Bertz CT molecular complexity index is 297. The monoisotopic (exact) mass is 207 g/mol. The van der Waals surface area contributed by atoms with Crippen LogP contribution in [0.25, 0.3) is 0 Å². The van der Waals surface area contributed by atoms with E-state index in [0.717, 1.165) is 12.8 Å². The van der Waals surface area contributed by atoms with Crippen LogP contribution in [0, 0.1) is 0 Å². The lowest BCUT2D eigenvalue weighted by Crippen LogP contribution is -2.59. The van der Waals surface area contributed by atoms with Gasteiger partial charge in [0, 0.05) is 0 Å². The molecule has 1 fully saturated rings. The van der Waals surface area contributed by atoms with E-state index in [9.17, 15) is 13.5 Å². The predicted octanol–water partition coefficient (Wildman–Crippen LogP) is 0.359. The number of hydrogen-bond donors (Lipinski definition) is 2. The molecule has 0 radical (unpaired) electrons. The molecule has 1 aliphatic carbocycles. The molecule has 0 aliphatic heterocycles. The highest BCUT2D eigenvalue weighted by Gasteiger charge is 2.52. The van der Waals surface area contributed by atoms with Crippen LogP contribution in [0.1, 0.15) is 39.5 Å². The van der Waals surface area contributed by atoms with Gasteiger partial charge in [0.05, 0.1) is 5.60 Å². The molecule has 1 rings (SSSR count). The molecule has 0 bridgehead atoms. The Morgan fingerprint density at radius 3 is 2.00 bits per heavy atom. The average molecular weight is 207 g/mol. The first-order valence-electron chi connectivity index (χ1n) is 4.45. The molecule has 0 unspecified atom stereocenters. The van der Waals surface area contributed by atoms with Crippen LogP contribution in [-0.4, -0.2) is 23.9 Å². The lowest BCUT2D eigenvalue weighted by atomic mass is 9.77. The summed E-state index contributed by atoms with van der Waals surface area (Å²) in [6.07, 6.45) is 2.61. The summed E-state index contributed by atoms with van der Waals surface area (Å²) in [7, 11) is -3.68. The topological polar surface area (TPSA) is 80.4 Å². The smallest absolute Gasteiger partial charge is 0.217 e. The largest absolute Gasteiger partial charge is 0.388 e. The Kier molecular flexibility index (Phi) is 2.47. The maximum Gasteiger partial charge on any atom is 0.217 e. The number of aliphatic hydroxyl groups is 1. The zero-order chi connectivity index (χ0) is 10.3. The maximum atomic E-state index is 11.3. The molecule has 0 aromatic carbocycles. The fourth-order valence-corrected chi connectivity index (χ4v) is 3.06. The minimum absolute atomic E-state index is 0.443. The SMILES string of the molecule is C[C@]1(O)CCCC[C@@]1(C)S(N)(=O)=O. The molecule has 2 atom stereocenters. The van der Waals surface area contributed by atoms with Crippen molar-refractivity contribution in [3.8, 4) is 0 Å². The highest BCUT2D eigenvalue weighted by atomic mass is 32.2. The van der Waals surface area contributed by atoms with Crippen molar-refractivity contribution in [3.63, 3.8) is 0 Å². The van der Waals surface area contributed by atoms with Crippen LogP contribution < -0.4 is 5.14 Å². The van der Waals surface area contributed by atoms with E-state index in [1.165, 1.54) is 6.92 Å². The van der Waals surface area contributed by atoms with Gasteiger partial charge in [-0.25, -0.2) is 13.6 Å². The van der Waals surface area contributed by atoms with E-state index >= 15 is 0 Å². The average Bonchev–Trinajstić information content (AvgIpc) is 1.93. The molecule has 1 aliphatic rings. The van der Waals surface area contributed by atoms with E-state index in [-0.39, 0.29) is 0 Å². The molecule has 5 heteroatoms. The van der Waals surface area contributed by atoms with E-state index in [0.29, 0.717) is 12.8 Å². The van der Waals surface area contributed by atoms with Crippen molar-refractivity contribution in [2.75, 3.05) is 0 Å². The summed E-state index contributed by atoms with van der Waals surface area (Å²) in [5.41, 5.74) is -1.20. The van der Waals surface area contributed by atoms with Gasteiger partial charge >= 0.3 is 0 Å². The van der Waals surface area contributed by atoms with Gasteiger partial charge in [0.25, 0.3) is 0 Å². The summed E-state index contributed by atoms with van der Waals surface area (Å²) >= 11 is 0. The van der Waals surface area contributed by atoms with Gasteiger partial charge in [-0.15, -0.1) is 0 Å². The molecular formula is C8H17NO3S. The van der Waals surface area contributed by atoms with E-state index in [4.69, 9.17) is 5.14 Å². The summed E-state index contributed by atoms with van der Waals surface area (Å²) in [6.45, 7) is 3.08. The first kappa shape index (κ1) is 10.9. The number of sulfonamides is 1. The first-order valence-corrected chi connectivity index (χ1v) is 6.00. The van der Waals surface area contributed by atoms with Crippen molar-refractivity contribution in [1.29, 1.82) is 0 Å². The third-order valence-electron chi connectivity index (χ3n) is 3.33. The van der Waals surface area contributed by atoms with Gasteiger partial charge in [-0.1, -0.05) is 12.8 Å². The van der Waals surface area contributed by atoms with E-state index < -0.39 is 20.4 Å². The van der Waals surface area contributed by atoms with Crippen molar-refractivity contribution < 1.29 is 13.5 Å². The quantitative estimate of drug-likeness (QED) is 0.651. The Morgan fingerprint density at radius 1 is 1.23 bits per heavy atom. The molecule has 3 N–H and O–H groups in total. The fraction of sp³-hybridized carbons (Fsp3) is 1.00. The van der Waals surface area contributed by atoms with Crippen molar-refractivity contribution in [2.24, 2.45) is 5.14 Å². The van der Waals surface area contributed by atoms with Gasteiger partial charge in [-0.05, 0) is 26.7 Å². The lowest BCUT2D eigenvalue weighted by Gasteiger charge is -2.44. The summed E-state index contributed by atoms with van der Waals surface area (Å²) in [5.74, 6) is 0. The fourth-order valence-electron chi connectivity index (χ4n) is 1.91. The van der Waals surface area contributed by atoms with E-state index in [2.05, 4.69) is 0 Å². The molecular weight excluding hydrogens is 190 g/mol. The Balaban J connectivity index is 3.13. The minimum Gasteiger partial charge on any atom is -0.388 e. The minimum atomic E-state index is -3.68. The first-order chi connectivity index (χ1) is 5.71. The second-order valence-electron chi connectivity index (χ2n) is 4.26. The van der Waals surface area contributed by atoms with Crippen LogP contribution in [0.15, 0.2) is 0 Å². The van der Waals surface area contributed by atoms with Gasteiger partial charge in [-0.2, -0.15) is 0 Å². The van der Waals surface area contributed by atoms with Gasteiger partial charge in [0.1, 0.15) is 4.75 Å². The van der Waals surface area contributed by atoms with Gasteiger partial charge in [0.15, 0.2) is 0 Å². The van der Waals surface area contributed by atoms with Crippen molar-refractivity contribution >= 4 is 10.0 Å². The number of rotatable bonds is 1. The second kappa shape index (κ2) is 2.93. The van der Waals surface area contributed by atoms with Crippen LogP contribution in [0.5, 0.6) is 0 Å². The summed E-state index contributed by atoms with van der Waals surface area (Å²) in [4.78, 5) is 0. The summed E-state index contributed by atoms with van der Waals surface area (Å²) < 4.78 is 21.5. The molecule has 4 nitrogen and oxygen atoms in total. The van der Waals surface area contributed by atoms with Crippen LogP contribution in [-0.2, 0) is 10.0 Å². The highest BCUT2D eigenvalue weighted by Crippen LogP contribution is 2.41. The normalized spacial score (nSPS) is 41.8. The Labute approximate surface area is 79.2 Å². The predicted molar refractivity (Wildman–Crippen MR) is 50.6 cm³/mol. The van der Waals surface area contributed by atoms with Crippen molar-refractivity contribution in [1.82, 2.24) is 0 Å². The van der Waals surface area contributed by atoms with Crippen LogP contribution in [0.3, 0.4) is 0 Å². The van der Waals surface area contributed by atoms with Crippen LogP contribution in [0.2, 0.25) is 0 Å². The summed E-state index contributed by atoms with van der Waals surface area (Å²) in [5, 5.41) is 15.1. The van der Waals surface area contributed by atoms with Crippen molar-refractivity contribution in [3.05, 3.63) is 0 Å². The standard InChI is InChI=1S/C8H17NO3S/c1-7(10)5-3-4-6-8(7,2)13(9,11)12/h10H,3-6H2,1-2H3,(H2,9,11,12)/t7-,8+/m0/s1. The molecule has 0 saturated heterocycles. The molecule has 1 saturated carbocycles. The number of nitrogens with two attached hydrogens (primary N) is 1. The van der Waals surface area contributed by atoms with Gasteiger partial charge < -0.3 is 5.11 Å². The van der Waals surface area contributed by atoms with Crippen LogP contribution >= 0.6 is 0 Å². The zero-order valence-corrected chi connectivity index (χ0v) is 8.89. The number of hydrogen-bond acceptors (Lipinski definition) is 3. The Morgan fingerprint density at radius 2 is 1.69 bits per heavy atom. The molecule has 0 aromatic heterocycles. The van der Waals surface area contributed by atoms with Crippen LogP contribution in [0.4, 0.5) is 0 Å². The zero-order valence-electron chi connectivity index (χ0n) is 8.08. The molecule has 78 valence electrons. The molecule has 0 amide bonds. The third kappa shape index (κ3) is 1.60. The van der Waals surface area contributed by atoms with E-state index in [1.54, 1.807) is 6.92 Å². The number of primary sulfonamides is 1. The highest BCUT2D eigenvalue weighted by molar-refractivity contribution is 7.90. The molecule has 0 spiro atoms. The van der Waals surface area contributed by atoms with Crippen molar-refractivity contribution in [2.45, 2.75) is 49.9 Å². The third-order valence-corrected chi connectivity index (χ3v) is 5.23. The maximum absolute atomic E-state index is 11.3.